The van der Waals surface area contributed by atoms with Crippen molar-refractivity contribution >= 4 is 34.2 Å². The van der Waals surface area contributed by atoms with Gasteiger partial charge in [0.1, 0.15) is 5.00 Å². The van der Waals surface area contributed by atoms with Gasteiger partial charge in [0.25, 0.3) is 5.91 Å². The SMILES string of the molecule is CCOC(=O)c1c(NC(=O)COC(=O)c2ccc(C)cc2)sc2c1CCCC2. The summed E-state index contributed by atoms with van der Waals surface area (Å²) >= 11 is 1.40. The van der Waals surface area contributed by atoms with Gasteiger partial charge in [-0.3, -0.25) is 4.79 Å². The van der Waals surface area contributed by atoms with Gasteiger partial charge in [0.2, 0.25) is 0 Å². The third-order valence-electron chi connectivity index (χ3n) is 4.53. The Hall–Kier alpha value is -2.67. The molecule has 1 aliphatic carbocycles. The van der Waals surface area contributed by atoms with Gasteiger partial charge in [-0.15, -0.1) is 11.3 Å². The van der Waals surface area contributed by atoms with Crippen molar-refractivity contribution < 1.29 is 23.9 Å². The van der Waals surface area contributed by atoms with Crippen LogP contribution in [0.1, 0.15) is 56.5 Å². The summed E-state index contributed by atoms with van der Waals surface area (Å²) in [5.41, 5.74) is 2.83. The third-order valence-corrected chi connectivity index (χ3v) is 5.73. The normalized spacial score (nSPS) is 12.8. The molecule has 2 aromatic rings. The number of carbonyl (C=O) groups excluding carboxylic acids is 3. The molecule has 6 nitrogen and oxygen atoms in total. The number of thiophene rings is 1. The predicted octanol–water partition coefficient (Wildman–Crippen LogP) is 3.91. The molecule has 0 spiro atoms. The number of rotatable bonds is 6. The Morgan fingerprint density at radius 3 is 2.46 bits per heavy atom. The first-order valence-corrected chi connectivity index (χ1v) is 10.2. The van der Waals surface area contributed by atoms with Crippen molar-refractivity contribution in [2.24, 2.45) is 0 Å². The van der Waals surface area contributed by atoms with Gasteiger partial charge in [-0.1, -0.05) is 17.7 Å². The van der Waals surface area contributed by atoms with Crippen molar-refractivity contribution in [1.29, 1.82) is 0 Å². The molecule has 148 valence electrons. The average molecular weight is 401 g/mol. The van der Waals surface area contributed by atoms with Gasteiger partial charge in [0.15, 0.2) is 6.61 Å². The fourth-order valence-corrected chi connectivity index (χ4v) is 4.43. The van der Waals surface area contributed by atoms with Crippen molar-refractivity contribution in [3.05, 3.63) is 51.4 Å². The highest BCUT2D eigenvalue weighted by Gasteiger charge is 2.27. The van der Waals surface area contributed by atoms with E-state index in [1.807, 2.05) is 6.92 Å². The summed E-state index contributed by atoms with van der Waals surface area (Å²) in [7, 11) is 0. The Morgan fingerprint density at radius 2 is 1.75 bits per heavy atom. The lowest BCUT2D eigenvalue weighted by atomic mass is 9.95. The van der Waals surface area contributed by atoms with E-state index in [9.17, 15) is 14.4 Å². The average Bonchev–Trinajstić information content (AvgIpc) is 3.04. The maximum absolute atomic E-state index is 12.4. The predicted molar refractivity (Wildman–Crippen MR) is 107 cm³/mol. The lowest BCUT2D eigenvalue weighted by Gasteiger charge is -2.12. The van der Waals surface area contributed by atoms with Crippen LogP contribution in [0.5, 0.6) is 0 Å². The van der Waals surface area contributed by atoms with Crippen LogP contribution in [-0.4, -0.2) is 31.1 Å². The van der Waals surface area contributed by atoms with E-state index in [1.165, 1.54) is 11.3 Å². The van der Waals surface area contributed by atoms with Gasteiger partial charge < -0.3 is 14.8 Å². The Balaban J connectivity index is 1.68. The minimum atomic E-state index is -0.564. The fourth-order valence-electron chi connectivity index (χ4n) is 3.14. The topological polar surface area (TPSA) is 81.7 Å². The van der Waals surface area contributed by atoms with Gasteiger partial charge in [-0.05, 0) is 57.2 Å². The summed E-state index contributed by atoms with van der Waals surface area (Å²) in [6.45, 7) is 3.52. The van der Waals surface area contributed by atoms with Crippen LogP contribution >= 0.6 is 11.3 Å². The number of nitrogens with one attached hydrogen (secondary N) is 1. The Bertz CT molecular complexity index is 885. The number of aryl methyl sites for hydroxylation is 2. The molecule has 0 radical (unpaired) electrons. The van der Waals surface area contributed by atoms with Crippen LogP contribution in [-0.2, 0) is 27.1 Å². The Labute approximate surface area is 167 Å². The number of esters is 2. The monoisotopic (exact) mass is 401 g/mol. The molecular weight excluding hydrogens is 378 g/mol. The summed E-state index contributed by atoms with van der Waals surface area (Å²) < 4.78 is 10.3. The number of carbonyl (C=O) groups is 3. The number of ether oxygens (including phenoxy) is 2. The van der Waals surface area contributed by atoms with Gasteiger partial charge >= 0.3 is 11.9 Å². The van der Waals surface area contributed by atoms with Crippen LogP contribution in [0.2, 0.25) is 0 Å². The number of amides is 1. The molecule has 0 aliphatic heterocycles. The zero-order valence-corrected chi connectivity index (χ0v) is 16.8. The number of hydrogen-bond donors (Lipinski definition) is 1. The molecule has 3 rings (SSSR count). The van der Waals surface area contributed by atoms with E-state index in [2.05, 4.69) is 5.32 Å². The molecule has 0 unspecified atom stereocenters. The number of fused-ring (bicyclic) bond motifs is 1. The van der Waals surface area contributed by atoms with E-state index in [0.29, 0.717) is 16.1 Å². The Kier molecular flexibility index (Phi) is 6.46. The lowest BCUT2D eigenvalue weighted by Crippen LogP contribution is -2.22. The van der Waals surface area contributed by atoms with Gasteiger partial charge in [-0.2, -0.15) is 0 Å². The lowest BCUT2D eigenvalue weighted by molar-refractivity contribution is -0.119. The van der Waals surface area contributed by atoms with Crippen LogP contribution in [0.15, 0.2) is 24.3 Å². The molecular formula is C21H23NO5S. The minimum Gasteiger partial charge on any atom is -0.462 e. The molecule has 0 saturated heterocycles. The number of benzene rings is 1. The van der Waals surface area contributed by atoms with Crippen LogP contribution in [0.25, 0.3) is 0 Å². The summed E-state index contributed by atoms with van der Waals surface area (Å²) in [4.78, 5) is 37.9. The zero-order valence-electron chi connectivity index (χ0n) is 16.0. The van der Waals surface area contributed by atoms with E-state index in [1.54, 1.807) is 31.2 Å². The molecule has 7 heteroatoms. The van der Waals surface area contributed by atoms with Crippen LogP contribution < -0.4 is 5.32 Å². The first-order chi connectivity index (χ1) is 13.5. The molecule has 0 bridgehead atoms. The standard InChI is InChI=1S/C21H23NO5S/c1-3-26-21(25)18-15-6-4-5-7-16(15)28-19(18)22-17(23)12-27-20(24)14-10-8-13(2)9-11-14/h8-11H,3-7,12H2,1-2H3,(H,22,23). The van der Waals surface area contributed by atoms with Crippen LogP contribution in [0.3, 0.4) is 0 Å². The fraction of sp³-hybridized carbons (Fsp3) is 0.381. The maximum atomic E-state index is 12.4. The first-order valence-electron chi connectivity index (χ1n) is 9.35. The second kappa shape index (κ2) is 9.01. The Morgan fingerprint density at radius 1 is 1.04 bits per heavy atom. The molecule has 1 aromatic carbocycles. The molecule has 28 heavy (non-hydrogen) atoms. The largest absolute Gasteiger partial charge is 0.462 e. The molecule has 1 heterocycles. The zero-order chi connectivity index (χ0) is 20.1. The summed E-state index contributed by atoms with van der Waals surface area (Å²) in [5.74, 6) is -1.47. The molecule has 1 aliphatic rings. The van der Waals surface area contributed by atoms with Crippen molar-refractivity contribution in [2.75, 3.05) is 18.5 Å². The van der Waals surface area contributed by atoms with E-state index in [0.717, 1.165) is 41.7 Å². The van der Waals surface area contributed by atoms with Gasteiger partial charge in [0.05, 0.1) is 17.7 Å². The van der Waals surface area contributed by atoms with Crippen molar-refractivity contribution in [3.63, 3.8) is 0 Å². The molecule has 0 saturated carbocycles. The van der Waals surface area contributed by atoms with E-state index in [4.69, 9.17) is 9.47 Å². The van der Waals surface area contributed by atoms with Crippen molar-refractivity contribution in [1.82, 2.24) is 0 Å². The minimum absolute atomic E-state index is 0.269. The highest BCUT2D eigenvalue weighted by Crippen LogP contribution is 2.38. The second-order valence-electron chi connectivity index (χ2n) is 6.63. The molecule has 0 fully saturated rings. The van der Waals surface area contributed by atoms with Gasteiger partial charge in [-0.25, -0.2) is 9.59 Å². The first kappa shape index (κ1) is 20.1. The third kappa shape index (κ3) is 4.59. The van der Waals surface area contributed by atoms with Crippen LogP contribution in [0.4, 0.5) is 5.00 Å². The van der Waals surface area contributed by atoms with Crippen molar-refractivity contribution in [2.45, 2.75) is 39.5 Å². The summed E-state index contributed by atoms with van der Waals surface area (Å²) in [6, 6.07) is 6.92. The number of hydrogen-bond acceptors (Lipinski definition) is 6. The second-order valence-corrected chi connectivity index (χ2v) is 7.73. The molecule has 1 N–H and O–H groups in total. The van der Waals surface area contributed by atoms with E-state index < -0.39 is 24.5 Å². The molecule has 1 aromatic heterocycles. The summed E-state index contributed by atoms with van der Waals surface area (Å²) in [6.07, 6.45) is 3.78. The van der Waals surface area contributed by atoms with E-state index >= 15 is 0 Å². The van der Waals surface area contributed by atoms with Crippen molar-refractivity contribution in [3.8, 4) is 0 Å². The maximum Gasteiger partial charge on any atom is 0.341 e. The molecule has 0 atom stereocenters. The summed E-state index contributed by atoms with van der Waals surface area (Å²) in [5, 5.41) is 3.20. The molecule has 1 amide bonds. The highest BCUT2D eigenvalue weighted by atomic mass is 32.1. The number of anilines is 1. The van der Waals surface area contributed by atoms with Gasteiger partial charge in [0, 0.05) is 4.88 Å². The van der Waals surface area contributed by atoms with E-state index in [-0.39, 0.29) is 6.61 Å². The smallest absolute Gasteiger partial charge is 0.341 e. The highest BCUT2D eigenvalue weighted by molar-refractivity contribution is 7.17. The quantitative estimate of drug-likeness (QED) is 0.742. The van der Waals surface area contributed by atoms with Crippen LogP contribution in [0, 0.1) is 6.92 Å².